The van der Waals surface area contributed by atoms with Crippen molar-refractivity contribution in [3.05, 3.63) is 30.4 Å². The first-order valence-electron chi connectivity index (χ1n) is 9.00. The standard InChI is InChI=1S/C17H21N7O/c1-2-9-22(8-1)15-4-3-14-19-20-16(24(14)21-15)13-5-10-23(11-6-13)17-18-7-12-25-17/h3-4,7,12-13H,1-2,5-6,8-11H2. The van der Waals surface area contributed by atoms with Gasteiger partial charge >= 0.3 is 0 Å². The molecule has 2 aliphatic rings. The minimum absolute atomic E-state index is 0.363. The first-order valence-corrected chi connectivity index (χ1v) is 9.00. The lowest BCUT2D eigenvalue weighted by Gasteiger charge is -2.29. The molecule has 5 rings (SSSR count). The quantitative estimate of drug-likeness (QED) is 0.723. The van der Waals surface area contributed by atoms with E-state index in [2.05, 4.69) is 31.0 Å². The van der Waals surface area contributed by atoms with Gasteiger partial charge in [0.2, 0.25) is 0 Å². The molecule has 8 nitrogen and oxygen atoms in total. The van der Waals surface area contributed by atoms with Gasteiger partial charge in [-0.05, 0) is 37.8 Å². The molecule has 5 heterocycles. The van der Waals surface area contributed by atoms with E-state index in [1.165, 1.54) is 12.8 Å². The maximum Gasteiger partial charge on any atom is 0.297 e. The van der Waals surface area contributed by atoms with Crippen LogP contribution in [0.5, 0.6) is 0 Å². The smallest absolute Gasteiger partial charge is 0.297 e. The van der Waals surface area contributed by atoms with Gasteiger partial charge in [-0.2, -0.15) is 4.52 Å². The molecular weight excluding hydrogens is 318 g/mol. The Morgan fingerprint density at radius 2 is 1.80 bits per heavy atom. The van der Waals surface area contributed by atoms with Crippen LogP contribution in [0.15, 0.2) is 29.0 Å². The number of nitrogens with zero attached hydrogens (tertiary/aromatic N) is 7. The molecule has 0 radical (unpaired) electrons. The molecule has 8 heteroatoms. The number of fused-ring (bicyclic) bond motifs is 1. The van der Waals surface area contributed by atoms with Crippen LogP contribution in [-0.2, 0) is 0 Å². The zero-order valence-corrected chi connectivity index (χ0v) is 14.1. The maximum atomic E-state index is 5.41. The van der Waals surface area contributed by atoms with Crippen molar-refractivity contribution in [1.29, 1.82) is 0 Å². The molecule has 0 saturated carbocycles. The van der Waals surface area contributed by atoms with Gasteiger partial charge in [0.15, 0.2) is 11.5 Å². The minimum Gasteiger partial charge on any atom is -0.432 e. The highest BCUT2D eigenvalue weighted by molar-refractivity contribution is 5.46. The number of oxazole rings is 1. The Bertz CT molecular complexity index is 845. The predicted molar refractivity (Wildman–Crippen MR) is 92.9 cm³/mol. The van der Waals surface area contributed by atoms with Crippen LogP contribution in [0, 0.1) is 0 Å². The Hall–Kier alpha value is -2.64. The maximum absolute atomic E-state index is 5.41. The van der Waals surface area contributed by atoms with Gasteiger partial charge in [-0.1, -0.05) is 0 Å². The second-order valence-electron chi connectivity index (χ2n) is 6.79. The molecule has 2 aliphatic heterocycles. The predicted octanol–water partition coefficient (Wildman–Crippen LogP) is 2.10. The van der Waals surface area contributed by atoms with Gasteiger partial charge in [-0.3, -0.25) is 0 Å². The largest absolute Gasteiger partial charge is 0.432 e. The summed E-state index contributed by atoms with van der Waals surface area (Å²) in [5.74, 6) is 2.37. The summed E-state index contributed by atoms with van der Waals surface area (Å²) < 4.78 is 7.35. The second-order valence-corrected chi connectivity index (χ2v) is 6.79. The van der Waals surface area contributed by atoms with E-state index >= 15 is 0 Å². The van der Waals surface area contributed by atoms with Crippen LogP contribution in [0.1, 0.15) is 37.4 Å². The molecule has 130 valence electrons. The van der Waals surface area contributed by atoms with Crippen molar-refractivity contribution in [3.8, 4) is 0 Å². The van der Waals surface area contributed by atoms with E-state index in [0.717, 1.165) is 56.3 Å². The summed E-state index contributed by atoms with van der Waals surface area (Å²) in [7, 11) is 0. The van der Waals surface area contributed by atoms with Crippen LogP contribution in [0.2, 0.25) is 0 Å². The van der Waals surface area contributed by atoms with Gasteiger partial charge in [-0.25, -0.2) is 4.98 Å². The Morgan fingerprint density at radius 1 is 0.960 bits per heavy atom. The average Bonchev–Trinajstić information content (AvgIpc) is 3.42. The van der Waals surface area contributed by atoms with Gasteiger partial charge in [-0.15, -0.1) is 15.3 Å². The third-order valence-electron chi connectivity index (χ3n) is 5.25. The van der Waals surface area contributed by atoms with Crippen LogP contribution in [0.3, 0.4) is 0 Å². The number of rotatable bonds is 3. The van der Waals surface area contributed by atoms with Crippen LogP contribution in [0.4, 0.5) is 11.8 Å². The SMILES string of the molecule is c1coc(N2CCC(c3nnc4ccc(N5CCCC5)nn34)CC2)n1. The molecule has 0 N–H and O–H groups in total. The lowest BCUT2D eigenvalue weighted by atomic mass is 9.96. The molecule has 0 bridgehead atoms. The number of hydrogen-bond acceptors (Lipinski definition) is 7. The topological polar surface area (TPSA) is 75.6 Å². The molecule has 0 aliphatic carbocycles. The van der Waals surface area contributed by atoms with Crippen molar-refractivity contribution in [2.75, 3.05) is 36.0 Å². The van der Waals surface area contributed by atoms with E-state index in [0.29, 0.717) is 11.9 Å². The van der Waals surface area contributed by atoms with E-state index in [4.69, 9.17) is 9.52 Å². The fourth-order valence-electron chi connectivity index (χ4n) is 3.87. The fraction of sp³-hybridized carbons (Fsp3) is 0.529. The zero-order chi connectivity index (χ0) is 16.6. The zero-order valence-electron chi connectivity index (χ0n) is 14.1. The average molecular weight is 339 g/mol. The summed E-state index contributed by atoms with van der Waals surface area (Å²) in [5.41, 5.74) is 0.827. The Labute approximate surface area is 145 Å². The van der Waals surface area contributed by atoms with Crippen molar-refractivity contribution < 1.29 is 4.42 Å². The van der Waals surface area contributed by atoms with E-state index in [-0.39, 0.29) is 0 Å². The highest BCUT2D eigenvalue weighted by atomic mass is 16.4. The van der Waals surface area contributed by atoms with Gasteiger partial charge in [0.25, 0.3) is 6.01 Å². The molecule has 2 saturated heterocycles. The number of anilines is 2. The molecule has 3 aromatic rings. The number of aromatic nitrogens is 5. The monoisotopic (exact) mass is 339 g/mol. The highest BCUT2D eigenvalue weighted by Crippen LogP contribution is 2.29. The van der Waals surface area contributed by atoms with Crippen LogP contribution in [-0.4, -0.2) is 51.0 Å². The van der Waals surface area contributed by atoms with Crippen molar-refractivity contribution in [2.24, 2.45) is 0 Å². The van der Waals surface area contributed by atoms with E-state index in [1.807, 2.05) is 10.6 Å². The van der Waals surface area contributed by atoms with Gasteiger partial charge in [0.1, 0.15) is 12.1 Å². The summed E-state index contributed by atoms with van der Waals surface area (Å²) in [6, 6.07) is 4.79. The number of piperidine rings is 1. The van der Waals surface area contributed by atoms with Gasteiger partial charge in [0, 0.05) is 32.1 Å². The van der Waals surface area contributed by atoms with Crippen LogP contribution < -0.4 is 9.80 Å². The lowest BCUT2D eigenvalue weighted by molar-refractivity contribution is 0.443. The molecule has 0 atom stereocenters. The third-order valence-corrected chi connectivity index (χ3v) is 5.25. The van der Waals surface area contributed by atoms with Crippen molar-refractivity contribution >= 4 is 17.5 Å². The highest BCUT2D eigenvalue weighted by Gasteiger charge is 2.27. The first kappa shape index (κ1) is 14.7. The van der Waals surface area contributed by atoms with Gasteiger partial charge < -0.3 is 14.2 Å². The third kappa shape index (κ3) is 2.61. The van der Waals surface area contributed by atoms with Crippen LogP contribution >= 0.6 is 0 Å². The summed E-state index contributed by atoms with van der Waals surface area (Å²) in [5, 5.41) is 13.6. The molecule has 3 aromatic heterocycles. The van der Waals surface area contributed by atoms with E-state index in [1.54, 1.807) is 12.5 Å². The minimum atomic E-state index is 0.363. The Morgan fingerprint density at radius 3 is 2.56 bits per heavy atom. The molecular formula is C17H21N7O. The summed E-state index contributed by atoms with van der Waals surface area (Å²) in [6.07, 6.45) is 7.80. The van der Waals surface area contributed by atoms with E-state index in [9.17, 15) is 0 Å². The molecule has 0 unspecified atom stereocenters. The van der Waals surface area contributed by atoms with Crippen molar-refractivity contribution in [1.82, 2.24) is 24.8 Å². The Balaban J connectivity index is 1.38. The van der Waals surface area contributed by atoms with Crippen molar-refractivity contribution in [2.45, 2.75) is 31.6 Å². The molecule has 0 amide bonds. The Kier molecular flexibility index (Phi) is 3.53. The van der Waals surface area contributed by atoms with Gasteiger partial charge in [0.05, 0.1) is 6.20 Å². The second kappa shape index (κ2) is 6.02. The molecule has 0 spiro atoms. The number of hydrogen-bond donors (Lipinski definition) is 0. The normalized spacial score (nSPS) is 19.2. The summed E-state index contributed by atoms with van der Waals surface area (Å²) >= 11 is 0. The molecule has 2 fully saturated rings. The first-order chi connectivity index (χ1) is 12.4. The lowest BCUT2D eigenvalue weighted by Crippen LogP contribution is -2.33. The summed E-state index contributed by atoms with van der Waals surface area (Å²) in [4.78, 5) is 8.77. The fourth-order valence-corrected chi connectivity index (χ4v) is 3.87. The van der Waals surface area contributed by atoms with Crippen molar-refractivity contribution in [3.63, 3.8) is 0 Å². The molecule has 25 heavy (non-hydrogen) atoms. The molecule has 0 aromatic carbocycles. The van der Waals surface area contributed by atoms with Crippen LogP contribution in [0.25, 0.3) is 5.65 Å². The summed E-state index contributed by atoms with van der Waals surface area (Å²) in [6.45, 7) is 3.99. The van der Waals surface area contributed by atoms with E-state index < -0.39 is 0 Å².